The third-order valence-electron chi connectivity index (χ3n) is 2.56. The molecule has 1 aliphatic rings. The van der Waals surface area contributed by atoms with E-state index in [1.807, 2.05) is 13.8 Å². The minimum Gasteiger partial charge on any atom is -0.396 e. The Morgan fingerprint density at radius 3 is 2.33 bits per heavy atom. The fraction of sp³-hybridized carbons (Fsp3) is 0.625. The summed E-state index contributed by atoms with van der Waals surface area (Å²) >= 11 is 0. The van der Waals surface area contributed by atoms with Gasteiger partial charge in [0.15, 0.2) is 0 Å². The molecule has 0 bridgehead atoms. The first kappa shape index (κ1) is 17.1. The molecule has 0 amide bonds. The lowest BCUT2D eigenvalue weighted by Gasteiger charge is -1.99. The van der Waals surface area contributed by atoms with Crippen LogP contribution in [0.4, 0.5) is 0 Å². The number of aliphatic hydroxyl groups excluding tert-OH is 1. The van der Waals surface area contributed by atoms with Crippen molar-refractivity contribution >= 4 is 0 Å². The van der Waals surface area contributed by atoms with Gasteiger partial charge in [-0.05, 0) is 38.2 Å². The van der Waals surface area contributed by atoms with E-state index in [2.05, 4.69) is 31.2 Å². The van der Waals surface area contributed by atoms with E-state index in [4.69, 9.17) is 9.84 Å². The molecule has 1 saturated carbocycles. The molecule has 2 rings (SSSR count). The fourth-order valence-corrected chi connectivity index (χ4v) is 1.45. The number of hydrogen-bond donors (Lipinski definition) is 1. The second-order valence-corrected chi connectivity index (χ2v) is 4.25. The molecule has 2 nitrogen and oxygen atoms in total. The molecular formula is C16H28O2. The Hall–Kier alpha value is -0.860. The van der Waals surface area contributed by atoms with Crippen LogP contribution in [0.25, 0.3) is 0 Å². The summed E-state index contributed by atoms with van der Waals surface area (Å²) in [6, 6.07) is 8.41. The second-order valence-electron chi connectivity index (χ2n) is 4.25. The van der Waals surface area contributed by atoms with Crippen molar-refractivity contribution in [2.24, 2.45) is 0 Å². The Morgan fingerprint density at radius 1 is 1.28 bits per heavy atom. The van der Waals surface area contributed by atoms with E-state index in [-0.39, 0.29) is 6.61 Å². The summed E-state index contributed by atoms with van der Waals surface area (Å²) in [5.74, 6) is 0. The Balaban J connectivity index is 0.000000343. The summed E-state index contributed by atoms with van der Waals surface area (Å²) < 4.78 is 4.86. The van der Waals surface area contributed by atoms with Crippen LogP contribution in [0.3, 0.4) is 0 Å². The van der Waals surface area contributed by atoms with Crippen molar-refractivity contribution in [2.45, 2.75) is 52.6 Å². The highest BCUT2D eigenvalue weighted by atomic mass is 16.5. The molecule has 0 aromatic heterocycles. The van der Waals surface area contributed by atoms with Crippen molar-refractivity contribution in [3.63, 3.8) is 0 Å². The highest BCUT2D eigenvalue weighted by molar-refractivity contribution is 5.22. The van der Waals surface area contributed by atoms with Crippen LogP contribution in [-0.2, 0) is 11.2 Å². The number of ether oxygens (including phenoxy) is 1. The molecular weight excluding hydrogens is 224 g/mol. The zero-order chi connectivity index (χ0) is 13.8. The predicted molar refractivity (Wildman–Crippen MR) is 78.0 cm³/mol. The van der Waals surface area contributed by atoms with Gasteiger partial charge in [0, 0.05) is 13.7 Å². The van der Waals surface area contributed by atoms with E-state index in [1.54, 1.807) is 7.11 Å². The van der Waals surface area contributed by atoms with Crippen LogP contribution in [0.15, 0.2) is 24.3 Å². The minimum atomic E-state index is 0.286. The zero-order valence-corrected chi connectivity index (χ0v) is 12.3. The van der Waals surface area contributed by atoms with Crippen LogP contribution in [-0.4, -0.2) is 24.9 Å². The number of aryl methyl sites for hydroxylation is 2. The summed E-state index contributed by atoms with van der Waals surface area (Å²) in [6.45, 7) is 6.37. The first-order chi connectivity index (χ1) is 8.76. The van der Waals surface area contributed by atoms with Gasteiger partial charge < -0.3 is 9.84 Å². The first-order valence-electron chi connectivity index (χ1n) is 6.95. The Morgan fingerprint density at radius 2 is 1.94 bits per heavy atom. The summed E-state index contributed by atoms with van der Waals surface area (Å²) in [5.41, 5.74) is 2.61. The molecule has 0 spiro atoms. The molecule has 1 N–H and O–H groups in total. The van der Waals surface area contributed by atoms with Crippen LogP contribution in [0.5, 0.6) is 0 Å². The van der Waals surface area contributed by atoms with Crippen LogP contribution < -0.4 is 0 Å². The summed E-state index contributed by atoms with van der Waals surface area (Å²) in [6.07, 6.45) is 5.06. The van der Waals surface area contributed by atoms with Crippen molar-refractivity contribution < 1.29 is 9.84 Å². The summed E-state index contributed by atoms with van der Waals surface area (Å²) in [7, 11) is 1.76. The van der Waals surface area contributed by atoms with Crippen LogP contribution in [0.2, 0.25) is 0 Å². The summed E-state index contributed by atoms with van der Waals surface area (Å²) in [4.78, 5) is 0. The molecule has 0 unspecified atom stereocenters. The molecule has 1 aromatic carbocycles. The standard InChI is InChI=1S/C10H14O.C4H8O.C2H6/c1-9-4-2-5-10(8-9)6-3-7-11;1-5-4-2-3-4;1-2/h2,4-5,8,11H,3,6-7H2,1H3;4H,2-3H2,1H3;1-2H3. The van der Waals surface area contributed by atoms with Crippen molar-refractivity contribution in [1.82, 2.24) is 0 Å². The van der Waals surface area contributed by atoms with E-state index < -0.39 is 0 Å². The Bertz CT molecular complexity index is 293. The van der Waals surface area contributed by atoms with E-state index in [9.17, 15) is 0 Å². The van der Waals surface area contributed by atoms with Crippen LogP contribution in [0.1, 0.15) is 44.2 Å². The lowest BCUT2D eigenvalue weighted by atomic mass is 10.1. The smallest absolute Gasteiger partial charge is 0.0573 e. The zero-order valence-electron chi connectivity index (χ0n) is 12.3. The van der Waals surface area contributed by atoms with Gasteiger partial charge in [0.1, 0.15) is 0 Å². The van der Waals surface area contributed by atoms with Crippen molar-refractivity contribution in [2.75, 3.05) is 13.7 Å². The molecule has 2 heteroatoms. The van der Waals surface area contributed by atoms with E-state index in [0.29, 0.717) is 6.10 Å². The van der Waals surface area contributed by atoms with E-state index >= 15 is 0 Å². The number of benzene rings is 1. The SMILES string of the molecule is CC.COC1CC1.Cc1cccc(CCCO)c1. The van der Waals surface area contributed by atoms with Crippen LogP contribution >= 0.6 is 0 Å². The normalized spacial score (nSPS) is 12.9. The maximum atomic E-state index is 8.60. The Kier molecular flexibility index (Phi) is 10.7. The largest absolute Gasteiger partial charge is 0.396 e. The van der Waals surface area contributed by atoms with Gasteiger partial charge in [-0.2, -0.15) is 0 Å². The van der Waals surface area contributed by atoms with E-state index in [0.717, 1.165) is 12.8 Å². The molecule has 104 valence electrons. The van der Waals surface area contributed by atoms with Crippen LogP contribution in [0, 0.1) is 6.92 Å². The maximum absolute atomic E-state index is 8.60. The Labute approximate surface area is 112 Å². The lowest BCUT2D eigenvalue weighted by Crippen LogP contribution is -1.89. The predicted octanol–water partition coefficient (Wildman–Crippen LogP) is 3.74. The molecule has 18 heavy (non-hydrogen) atoms. The van der Waals surface area contributed by atoms with Gasteiger partial charge in [-0.3, -0.25) is 0 Å². The van der Waals surface area contributed by atoms with Gasteiger partial charge in [-0.1, -0.05) is 43.7 Å². The maximum Gasteiger partial charge on any atom is 0.0573 e. The highest BCUT2D eigenvalue weighted by Gasteiger charge is 2.19. The fourth-order valence-electron chi connectivity index (χ4n) is 1.45. The van der Waals surface area contributed by atoms with Gasteiger partial charge in [-0.25, -0.2) is 0 Å². The monoisotopic (exact) mass is 252 g/mol. The highest BCUT2D eigenvalue weighted by Crippen LogP contribution is 2.21. The second kappa shape index (κ2) is 11.2. The number of rotatable bonds is 4. The molecule has 1 aliphatic carbocycles. The van der Waals surface area contributed by atoms with Gasteiger partial charge in [0.05, 0.1) is 6.10 Å². The third-order valence-corrected chi connectivity index (χ3v) is 2.56. The minimum absolute atomic E-state index is 0.286. The average molecular weight is 252 g/mol. The molecule has 1 aromatic rings. The van der Waals surface area contributed by atoms with E-state index in [1.165, 1.54) is 24.0 Å². The number of aliphatic hydroxyl groups is 1. The number of hydrogen-bond acceptors (Lipinski definition) is 2. The molecule has 0 saturated heterocycles. The molecule has 0 atom stereocenters. The molecule has 0 radical (unpaired) electrons. The first-order valence-corrected chi connectivity index (χ1v) is 6.95. The number of methoxy groups -OCH3 is 1. The lowest BCUT2D eigenvalue weighted by molar-refractivity contribution is 0.183. The van der Waals surface area contributed by atoms with Crippen molar-refractivity contribution in [3.8, 4) is 0 Å². The summed E-state index contributed by atoms with van der Waals surface area (Å²) in [5, 5.41) is 8.60. The van der Waals surface area contributed by atoms with Gasteiger partial charge >= 0.3 is 0 Å². The molecule has 0 heterocycles. The molecule has 0 aliphatic heterocycles. The quantitative estimate of drug-likeness (QED) is 0.884. The van der Waals surface area contributed by atoms with Crippen molar-refractivity contribution in [1.29, 1.82) is 0 Å². The van der Waals surface area contributed by atoms with Gasteiger partial charge in [0.2, 0.25) is 0 Å². The van der Waals surface area contributed by atoms with Crippen molar-refractivity contribution in [3.05, 3.63) is 35.4 Å². The average Bonchev–Trinajstić information content (AvgIpc) is 3.23. The van der Waals surface area contributed by atoms with Gasteiger partial charge in [0.25, 0.3) is 0 Å². The third kappa shape index (κ3) is 9.20. The topological polar surface area (TPSA) is 29.5 Å². The van der Waals surface area contributed by atoms with Gasteiger partial charge in [-0.15, -0.1) is 0 Å². The molecule has 1 fully saturated rings.